The Morgan fingerprint density at radius 3 is 2.79 bits per heavy atom. The van der Waals surface area contributed by atoms with Crippen molar-refractivity contribution in [2.75, 3.05) is 32.4 Å². The molecule has 6 rings (SSSR count). The van der Waals surface area contributed by atoms with E-state index >= 15 is 0 Å². The lowest BCUT2D eigenvalue weighted by atomic mass is 10.1. The Labute approximate surface area is 249 Å². The van der Waals surface area contributed by atoms with Crippen molar-refractivity contribution in [2.45, 2.75) is 56.6 Å². The molecule has 1 saturated heterocycles. The Balaban J connectivity index is 1.16. The third-order valence-electron chi connectivity index (χ3n) is 8.01. The number of carbonyl (C=O) groups is 2. The van der Waals surface area contributed by atoms with Gasteiger partial charge in [0.15, 0.2) is 11.1 Å². The number of likely N-dealkylation sites (tertiary alicyclic amines) is 1. The molecule has 42 heavy (non-hydrogen) atoms. The van der Waals surface area contributed by atoms with Crippen LogP contribution in [0.4, 0.5) is 5.82 Å². The monoisotopic (exact) mass is 587 g/mol. The number of fused-ring (bicyclic) bond motifs is 1. The second-order valence-electron chi connectivity index (χ2n) is 11.1. The van der Waals surface area contributed by atoms with E-state index in [4.69, 9.17) is 10.8 Å². The SMILES string of the molecule is CCCC1=CNC(NC(=O)c2ccc(-c3nn([C@@H]4CCN(C(=O)/C=C/CN(C)C5CC5)C4)c4ncnc(N)c34)cc2)S1. The summed E-state index contributed by atoms with van der Waals surface area (Å²) in [5, 5.41) is 11.8. The van der Waals surface area contributed by atoms with E-state index < -0.39 is 0 Å². The normalized spacial score (nSPS) is 20.5. The van der Waals surface area contributed by atoms with Gasteiger partial charge in [-0.2, -0.15) is 5.10 Å². The van der Waals surface area contributed by atoms with Gasteiger partial charge in [0.25, 0.3) is 5.91 Å². The van der Waals surface area contributed by atoms with Crippen LogP contribution in [-0.2, 0) is 4.79 Å². The number of rotatable bonds is 10. The Kier molecular flexibility index (Phi) is 8.16. The average Bonchev–Trinajstić information content (AvgIpc) is 3.36. The van der Waals surface area contributed by atoms with Crippen LogP contribution in [0, 0.1) is 0 Å². The minimum absolute atomic E-state index is 0.0185. The number of anilines is 1. The first-order valence-electron chi connectivity index (χ1n) is 14.6. The van der Waals surface area contributed by atoms with E-state index in [0.29, 0.717) is 47.2 Å². The lowest BCUT2D eigenvalue weighted by molar-refractivity contribution is -0.125. The number of hydrogen-bond acceptors (Lipinski definition) is 9. The molecule has 0 bridgehead atoms. The molecule has 2 fully saturated rings. The second kappa shape index (κ2) is 12.1. The molecule has 1 unspecified atom stereocenters. The van der Waals surface area contributed by atoms with E-state index in [0.717, 1.165) is 31.4 Å². The Morgan fingerprint density at radius 1 is 1.21 bits per heavy atom. The minimum atomic E-state index is -0.173. The van der Waals surface area contributed by atoms with Crippen LogP contribution in [0.5, 0.6) is 0 Å². The number of thioether (sulfide) groups is 1. The van der Waals surface area contributed by atoms with Gasteiger partial charge in [-0.25, -0.2) is 14.6 Å². The molecule has 0 spiro atoms. The zero-order chi connectivity index (χ0) is 29.2. The number of nitrogen functional groups attached to an aromatic ring is 1. The van der Waals surface area contributed by atoms with Gasteiger partial charge in [-0.1, -0.05) is 43.3 Å². The predicted molar refractivity (Wildman–Crippen MR) is 165 cm³/mol. The van der Waals surface area contributed by atoms with Crippen molar-refractivity contribution in [3.63, 3.8) is 0 Å². The highest BCUT2D eigenvalue weighted by molar-refractivity contribution is 8.03. The van der Waals surface area contributed by atoms with Crippen LogP contribution in [-0.4, -0.2) is 79.6 Å². The molecule has 220 valence electrons. The van der Waals surface area contributed by atoms with Crippen LogP contribution in [0.3, 0.4) is 0 Å². The number of amides is 2. The lowest BCUT2D eigenvalue weighted by Crippen LogP contribution is -2.38. The first-order valence-corrected chi connectivity index (χ1v) is 15.5. The van der Waals surface area contributed by atoms with E-state index in [-0.39, 0.29) is 23.4 Å². The molecule has 2 atom stereocenters. The minimum Gasteiger partial charge on any atom is -0.383 e. The molecule has 1 aromatic carbocycles. The zero-order valence-corrected chi connectivity index (χ0v) is 24.8. The molecule has 3 aliphatic rings. The molecule has 4 N–H and O–H groups in total. The van der Waals surface area contributed by atoms with Gasteiger partial charge >= 0.3 is 0 Å². The topological polar surface area (TPSA) is 134 Å². The maximum absolute atomic E-state index is 12.9. The third-order valence-corrected chi connectivity index (χ3v) is 9.12. The van der Waals surface area contributed by atoms with Gasteiger partial charge in [-0.3, -0.25) is 14.5 Å². The standard InChI is InChI=1S/C30H37N9O2S/c1-3-5-23-16-32-30(42-23)35-29(41)20-9-7-19(8-10-20)26-25-27(31)33-18-34-28(25)39(36-26)22-13-15-38(17-22)24(40)6-4-14-37(2)21-11-12-21/h4,6-10,16,18,21-22,30,32H,3,5,11-15,17H2,1-2H3,(H,35,41)(H2,31,33,34)/b6-4+/t22-,30?/m1/s1. The van der Waals surface area contributed by atoms with Crippen LogP contribution >= 0.6 is 11.8 Å². The molecular weight excluding hydrogens is 550 g/mol. The molecular formula is C30H37N9O2S. The van der Waals surface area contributed by atoms with E-state index in [1.165, 1.54) is 24.1 Å². The number of carbonyl (C=O) groups excluding carboxylic acids is 2. The lowest BCUT2D eigenvalue weighted by Gasteiger charge is -2.16. The van der Waals surface area contributed by atoms with Gasteiger partial charge in [0.2, 0.25) is 5.91 Å². The molecule has 12 heteroatoms. The van der Waals surface area contributed by atoms with Crippen LogP contribution in [0.2, 0.25) is 0 Å². The molecule has 2 aliphatic heterocycles. The summed E-state index contributed by atoms with van der Waals surface area (Å²) in [7, 11) is 2.10. The average molecular weight is 588 g/mol. The fraction of sp³-hybridized carbons (Fsp3) is 0.433. The first-order chi connectivity index (χ1) is 20.4. The van der Waals surface area contributed by atoms with E-state index in [2.05, 4.69) is 39.5 Å². The van der Waals surface area contributed by atoms with Crippen molar-refractivity contribution in [3.05, 3.63) is 59.4 Å². The van der Waals surface area contributed by atoms with Crippen molar-refractivity contribution in [2.24, 2.45) is 0 Å². The number of hydrogen-bond donors (Lipinski definition) is 3. The molecule has 1 saturated carbocycles. The number of benzene rings is 1. The molecule has 4 heterocycles. The fourth-order valence-electron chi connectivity index (χ4n) is 5.50. The predicted octanol–water partition coefficient (Wildman–Crippen LogP) is 3.49. The van der Waals surface area contributed by atoms with Gasteiger partial charge in [0.1, 0.15) is 17.8 Å². The number of nitrogens with zero attached hydrogens (tertiary/aromatic N) is 6. The van der Waals surface area contributed by atoms with E-state index in [9.17, 15) is 9.59 Å². The van der Waals surface area contributed by atoms with Crippen molar-refractivity contribution in [3.8, 4) is 11.3 Å². The van der Waals surface area contributed by atoms with E-state index in [1.807, 2.05) is 34.0 Å². The number of aromatic nitrogens is 4. The largest absolute Gasteiger partial charge is 0.383 e. The molecule has 1 aliphatic carbocycles. The van der Waals surface area contributed by atoms with Gasteiger partial charge in [-0.05, 0) is 44.9 Å². The first kappa shape index (κ1) is 28.2. The Morgan fingerprint density at radius 2 is 2.02 bits per heavy atom. The second-order valence-corrected chi connectivity index (χ2v) is 12.4. The highest BCUT2D eigenvalue weighted by atomic mass is 32.2. The summed E-state index contributed by atoms with van der Waals surface area (Å²) in [5.41, 5.74) is 8.82. The van der Waals surface area contributed by atoms with Crippen molar-refractivity contribution in [1.29, 1.82) is 0 Å². The number of likely N-dealkylation sites (N-methyl/N-ethyl adjacent to an activating group) is 1. The number of allylic oxidation sites excluding steroid dienone is 1. The van der Waals surface area contributed by atoms with Crippen LogP contribution in [0.25, 0.3) is 22.3 Å². The molecule has 2 aromatic heterocycles. The van der Waals surface area contributed by atoms with Crippen molar-refractivity contribution < 1.29 is 9.59 Å². The maximum Gasteiger partial charge on any atom is 0.253 e. The van der Waals surface area contributed by atoms with Gasteiger partial charge in [-0.15, -0.1) is 0 Å². The highest BCUT2D eigenvalue weighted by Gasteiger charge is 2.30. The van der Waals surface area contributed by atoms with E-state index in [1.54, 1.807) is 30.0 Å². The highest BCUT2D eigenvalue weighted by Crippen LogP contribution is 2.34. The molecule has 3 aromatic rings. The molecule has 2 amide bonds. The van der Waals surface area contributed by atoms with Crippen LogP contribution in [0.15, 0.2) is 53.8 Å². The molecule has 0 radical (unpaired) electrons. The van der Waals surface area contributed by atoms with Gasteiger partial charge in [0.05, 0.1) is 11.4 Å². The Bertz CT molecular complexity index is 1530. The maximum atomic E-state index is 12.9. The zero-order valence-electron chi connectivity index (χ0n) is 24.0. The van der Waals surface area contributed by atoms with Crippen LogP contribution in [0.1, 0.15) is 55.4 Å². The van der Waals surface area contributed by atoms with Crippen LogP contribution < -0.4 is 16.4 Å². The summed E-state index contributed by atoms with van der Waals surface area (Å²) < 4.78 is 1.88. The quantitative estimate of drug-likeness (QED) is 0.305. The summed E-state index contributed by atoms with van der Waals surface area (Å²) in [5.74, 6) is 0.210. The fourth-order valence-corrected chi connectivity index (χ4v) is 6.56. The smallest absolute Gasteiger partial charge is 0.253 e. The Hall–Kier alpha value is -3.90. The summed E-state index contributed by atoms with van der Waals surface area (Å²) in [6.07, 6.45) is 12.4. The summed E-state index contributed by atoms with van der Waals surface area (Å²) in [6.45, 7) is 4.12. The number of nitrogens with one attached hydrogen (secondary N) is 2. The summed E-state index contributed by atoms with van der Waals surface area (Å²) >= 11 is 1.63. The summed E-state index contributed by atoms with van der Waals surface area (Å²) in [6, 6.07) is 7.96. The van der Waals surface area contributed by atoms with Crippen molar-refractivity contribution in [1.82, 2.24) is 40.2 Å². The summed E-state index contributed by atoms with van der Waals surface area (Å²) in [4.78, 5) is 39.9. The van der Waals surface area contributed by atoms with Gasteiger partial charge in [0, 0.05) is 54.0 Å². The van der Waals surface area contributed by atoms with Gasteiger partial charge < -0.3 is 21.3 Å². The third kappa shape index (κ3) is 6.00. The molecule has 11 nitrogen and oxygen atoms in total. The van der Waals surface area contributed by atoms with Crippen molar-refractivity contribution >= 4 is 40.4 Å². The number of nitrogens with two attached hydrogens (primary N) is 1.